The first-order valence-electron chi connectivity index (χ1n) is 3.70. The maximum absolute atomic E-state index is 10.5. The van der Waals surface area contributed by atoms with Crippen molar-refractivity contribution in [3.05, 3.63) is 29.8 Å². The molecule has 0 aromatic heterocycles. The zero-order valence-electron chi connectivity index (χ0n) is 7.15. The van der Waals surface area contributed by atoms with Gasteiger partial charge in [0.15, 0.2) is 0 Å². The van der Waals surface area contributed by atoms with Crippen LogP contribution in [-0.4, -0.2) is 11.1 Å². The maximum atomic E-state index is 10.5. The molecule has 0 amide bonds. The van der Waals surface area contributed by atoms with Crippen molar-refractivity contribution < 1.29 is 14.6 Å². The van der Waals surface area contributed by atoms with Gasteiger partial charge in [-0.25, -0.2) is 4.79 Å². The second-order valence-electron chi connectivity index (χ2n) is 2.30. The van der Waals surface area contributed by atoms with Crippen molar-refractivity contribution in [3.63, 3.8) is 0 Å². The quantitative estimate of drug-likeness (QED) is 0.709. The number of aromatic carboxylic acids is 1. The Morgan fingerprint density at radius 2 is 2.00 bits per heavy atom. The Morgan fingerprint density at radius 1 is 1.36 bits per heavy atom. The lowest BCUT2D eigenvalue weighted by Crippen LogP contribution is -1.95. The monoisotopic (exact) mass is 186 g/mol. The number of hydrogen-bond acceptors (Lipinski definition) is 2. The fourth-order valence-corrected chi connectivity index (χ4v) is 0.779. The summed E-state index contributed by atoms with van der Waals surface area (Å²) in [4.78, 5) is 10.5. The van der Waals surface area contributed by atoms with Crippen molar-refractivity contribution in [1.82, 2.24) is 0 Å². The van der Waals surface area contributed by atoms with Crippen molar-refractivity contribution in [1.29, 1.82) is 0 Å². The van der Waals surface area contributed by atoms with Gasteiger partial charge in [0.1, 0.15) is 11.9 Å². The van der Waals surface area contributed by atoms with Gasteiger partial charge in [-0.15, -0.1) is 6.42 Å². The highest BCUT2D eigenvalue weighted by atomic mass is 16.5. The number of ether oxygens (including phenoxy) is 1. The average molecular weight is 186 g/mol. The van der Waals surface area contributed by atoms with E-state index < -0.39 is 5.97 Å². The summed E-state index contributed by atoms with van der Waals surface area (Å²) < 4.78 is 4.88. The van der Waals surface area contributed by atoms with Crippen LogP contribution in [-0.2, 0) is 0 Å². The van der Waals surface area contributed by atoms with Gasteiger partial charge in [-0.05, 0) is 30.2 Å². The molecular formula is C11H6O3. The minimum absolute atomic E-state index is 0.197. The second kappa shape index (κ2) is 4.59. The Hall–Kier alpha value is -2.39. The molecule has 1 aromatic carbocycles. The molecule has 3 heteroatoms. The molecule has 1 aromatic rings. The van der Waals surface area contributed by atoms with Crippen LogP contribution in [0.1, 0.15) is 10.4 Å². The molecule has 14 heavy (non-hydrogen) atoms. The molecule has 1 rings (SSSR count). The smallest absolute Gasteiger partial charge is 0.335 e. The standard InChI is InChI=1S/C11H6O3/c1-2-3-8-14-10-6-4-9(5-7-10)11(12)13/h1,4-7H,(H,12,13). The van der Waals surface area contributed by atoms with Gasteiger partial charge in [-0.2, -0.15) is 0 Å². The predicted octanol–water partition coefficient (Wildman–Crippen LogP) is 1.36. The molecule has 0 unspecified atom stereocenters. The number of carboxylic acids is 1. The summed E-state index contributed by atoms with van der Waals surface area (Å²) in [5.41, 5.74) is 0.197. The predicted molar refractivity (Wildman–Crippen MR) is 50.6 cm³/mol. The van der Waals surface area contributed by atoms with Gasteiger partial charge < -0.3 is 9.84 Å². The minimum atomic E-state index is -0.980. The van der Waals surface area contributed by atoms with Gasteiger partial charge in [-0.1, -0.05) is 0 Å². The third-order valence-electron chi connectivity index (χ3n) is 1.39. The summed E-state index contributed by atoms with van der Waals surface area (Å²) in [5, 5.41) is 8.59. The fourth-order valence-electron chi connectivity index (χ4n) is 0.779. The van der Waals surface area contributed by atoms with E-state index in [0.717, 1.165) is 0 Å². The maximum Gasteiger partial charge on any atom is 0.335 e. The molecular weight excluding hydrogens is 180 g/mol. The highest BCUT2D eigenvalue weighted by Gasteiger charge is 2.00. The topological polar surface area (TPSA) is 46.5 Å². The van der Waals surface area contributed by atoms with Gasteiger partial charge in [0.25, 0.3) is 0 Å². The minimum Gasteiger partial charge on any atom is -0.478 e. The Balaban J connectivity index is 2.75. The first-order chi connectivity index (χ1) is 6.74. The average Bonchev–Trinajstić information content (AvgIpc) is 2.19. The molecule has 1 N–H and O–H groups in total. The van der Waals surface area contributed by atoms with E-state index in [4.69, 9.17) is 16.3 Å². The van der Waals surface area contributed by atoms with E-state index in [-0.39, 0.29) is 5.56 Å². The van der Waals surface area contributed by atoms with E-state index in [2.05, 4.69) is 17.9 Å². The SMILES string of the molecule is C#CC#COc1ccc(C(=O)O)cc1. The van der Waals surface area contributed by atoms with Crippen LogP contribution < -0.4 is 4.74 Å². The number of terminal acetylenes is 1. The van der Waals surface area contributed by atoms with E-state index in [9.17, 15) is 4.79 Å². The highest BCUT2D eigenvalue weighted by Crippen LogP contribution is 2.11. The zero-order chi connectivity index (χ0) is 10.4. The van der Waals surface area contributed by atoms with Crippen molar-refractivity contribution in [2.24, 2.45) is 0 Å². The lowest BCUT2D eigenvalue weighted by molar-refractivity contribution is 0.0697. The fraction of sp³-hybridized carbons (Fsp3) is 0. The summed E-state index contributed by atoms with van der Waals surface area (Å²) in [5.74, 6) is 3.84. The number of rotatable bonds is 2. The third-order valence-corrected chi connectivity index (χ3v) is 1.39. The van der Waals surface area contributed by atoms with Crippen LogP contribution in [0.3, 0.4) is 0 Å². The number of carboxylic acid groups (broad SMARTS) is 1. The molecule has 0 fully saturated rings. The van der Waals surface area contributed by atoms with Gasteiger partial charge in [-0.3, -0.25) is 0 Å². The van der Waals surface area contributed by atoms with Crippen LogP contribution in [0.2, 0.25) is 0 Å². The van der Waals surface area contributed by atoms with Crippen molar-refractivity contribution >= 4 is 5.97 Å². The van der Waals surface area contributed by atoms with E-state index >= 15 is 0 Å². The van der Waals surface area contributed by atoms with Crippen LogP contribution >= 0.6 is 0 Å². The first-order valence-corrected chi connectivity index (χ1v) is 3.70. The molecule has 68 valence electrons. The van der Waals surface area contributed by atoms with Crippen LogP contribution in [0, 0.1) is 24.4 Å². The van der Waals surface area contributed by atoms with E-state index in [1.807, 2.05) is 0 Å². The first kappa shape index (κ1) is 9.70. The Kier molecular flexibility index (Phi) is 3.18. The molecule has 0 heterocycles. The Labute approximate surface area is 81.3 Å². The lowest BCUT2D eigenvalue weighted by atomic mass is 10.2. The van der Waals surface area contributed by atoms with E-state index in [0.29, 0.717) is 5.75 Å². The number of carbonyl (C=O) groups is 1. The largest absolute Gasteiger partial charge is 0.478 e. The van der Waals surface area contributed by atoms with Crippen LogP contribution in [0.4, 0.5) is 0 Å². The lowest BCUT2D eigenvalue weighted by Gasteiger charge is -1.96. The molecule has 0 atom stereocenters. The second-order valence-corrected chi connectivity index (χ2v) is 2.30. The molecule has 0 radical (unpaired) electrons. The van der Waals surface area contributed by atoms with Crippen LogP contribution in [0.15, 0.2) is 24.3 Å². The third kappa shape index (κ3) is 2.58. The molecule has 0 saturated heterocycles. The summed E-state index contributed by atoms with van der Waals surface area (Å²) in [6.07, 6.45) is 7.14. The van der Waals surface area contributed by atoms with Crippen molar-refractivity contribution in [3.8, 4) is 30.1 Å². The summed E-state index contributed by atoms with van der Waals surface area (Å²) >= 11 is 0. The Bertz CT molecular complexity index is 426. The highest BCUT2D eigenvalue weighted by molar-refractivity contribution is 5.87. The van der Waals surface area contributed by atoms with E-state index in [1.165, 1.54) is 24.3 Å². The molecule has 0 saturated carbocycles. The van der Waals surface area contributed by atoms with Crippen LogP contribution in [0.25, 0.3) is 0 Å². The summed E-state index contributed by atoms with van der Waals surface area (Å²) in [6, 6.07) is 5.87. The van der Waals surface area contributed by atoms with Gasteiger partial charge >= 0.3 is 5.97 Å². The van der Waals surface area contributed by atoms with Gasteiger partial charge in [0, 0.05) is 5.92 Å². The molecule has 0 aliphatic heterocycles. The van der Waals surface area contributed by atoms with Crippen molar-refractivity contribution in [2.75, 3.05) is 0 Å². The zero-order valence-corrected chi connectivity index (χ0v) is 7.15. The molecule has 0 aliphatic rings. The normalized spacial score (nSPS) is 7.93. The van der Waals surface area contributed by atoms with Crippen molar-refractivity contribution in [2.45, 2.75) is 0 Å². The van der Waals surface area contributed by atoms with E-state index in [1.54, 1.807) is 0 Å². The molecule has 3 nitrogen and oxygen atoms in total. The molecule has 0 aliphatic carbocycles. The Morgan fingerprint density at radius 3 is 2.50 bits per heavy atom. The van der Waals surface area contributed by atoms with Crippen LogP contribution in [0.5, 0.6) is 5.75 Å². The summed E-state index contributed by atoms with van der Waals surface area (Å²) in [6.45, 7) is 0. The summed E-state index contributed by atoms with van der Waals surface area (Å²) in [7, 11) is 0. The number of hydrogen-bond donors (Lipinski definition) is 1. The number of benzene rings is 1. The van der Waals surface area contributed by atoms with Gasteiger partial charge in [0.05, 0.1) is 5.56 Å². The molecule has 0 spiro atoms. The van der Waals surface area contributed by atoms with Gasteiger partial charge in [0.2, 0.25) is 0 Å². The molecule has 0 bridgehead atoms.